The topological polar surface area (TPSA) is 29.9 Å². The van der Waals surface area contributed by atoms with Gasteiger partial charge in [0.25, 0.3) is 0 Å². The predicted octanol–water partition coefficient (Wildman–Crippen LogP) is 2.79. The van der Waals surface area contributed by atoms with Gasteiger partial charge in [-0.2, -0.15) is 0 Å². The molecule has 1 saturated heterocycles. The Bertz CT molecular complexity index is 570. The molecule has 3 nitrogen and oxygen atoms in total. The summed E-state index contributed by atoms with van der Waals surface area (Å²) in [7, 11) is 0. The molecule has 19 heavy (non-hydrogen) atoms. The Hall–Kier alpha value is -1.68. The lowest BCUT2D eigenvalue weighted by molar-refractivity contribution is 0.233. The van der Waals surface area contributed by atoms with Crippen molar-refractivity contribution in [2.24, 2.45) is 0 Å². The lowest BCUT2D eigenvalue weighted by atomic mass is 9.89. The standard InChI is InChI=1S/C15H18FN3/c1-15(5-7-17-8-6-15)19-11-18-10-14(19)12-3-2-4-13(16)9-12/h2-4,9-11,17H,5-8H2,1H3. The summed E-state index contributed by atoms with van der Waals surface area (Å²) in [5.74, 6) is -0.208. The van der Waals surface area contributed by atoms with E-state index in [1.165, 1.54) is 6.07 Å². The normalized spacial score (nSPS) is 18.4. The Kier molecular flexibility index (Phi) is 3.11. The summed E-state index contributed by atoms with van der Waals surface area (Å²) in [5.41, 5.74) is 1.94. The number of halogens is 1. The fourth-order valence-electron chi connectivity index (χ4n) is 2.79. The second-order valence-corrected chi connectivity index (χ2v) is 5.41. The number of benzene rings is 1. The maximum absolute atomic E-state index is 13.4. The number of nitrogens with one attached hydrogen (secondary N) is 1. The molecular formula is C15H18FN3. The van der Waals surface area contributed by atoms with Gasteiger partial charge in [0.05, 0.1) is 18.2 Å². The number of nitrogens with zero attached hydrogens (tertiary/aromatic N) is 2. The number of piperidine rings is 1. The molecule has 0 saturated carbocycles. The minimum Gasteiger partial charge on any atom is -0.325 e. The molecule has 1 aliphatic rings. The predicted molar refractivity (Wildman–Crippen MR) is 73.4 cm³/mol. The zero-order valence-electron chi connectivity index (χ0n) is 11.1. The van der Waals surface area contributed by atoms with E-state index >= 15 is 0 Å². The van der Waals surface area contributed by atoms with Crippen LogP contribution in [0.4, 0.5) is 4.39 Å². The van der Waals surface area contributed by atoms with Crippen LogP contribution in [-0.2, 0) is 5.54 Å². The van der Waals surface area contributed by atoms with Gasteiger partial charge in [-0.1, -0.05) is 12.1 Å². The summed E-state index contributed by atoms with van der Waals surface area (Å²) in [5, 5.41) is 3.38. The number of hydrogen-bond donors (Lipinski definition) is 1. The van der Waals surface area contributed by atoms with E-state index in [1.54, 1.807) is 12.1 Å². The Morgan fingerprint density at radius 2 is 2.11 bits per heavy atom. The summed E-state index contributed by atoms with van der Waals surface area (Å²) < 4.78 is 15.6. The number of hydrogen-bond acceptors (Lipinski definition) is 2. The van der Waals surface area contributed by atoms with Crippen molar-refractivity contribution in [3.05, 3.63) is 42.6 Å². The van der Waals surface area contributed by atoms with Crippen molar-refractivity contribution in [1.29, 1.82) is 0 Å². The Morgan fingerprint density at radius 1 is 1.32 bits per heavy atom. The summed E-state index contributed by atoms with van der Waals surface area (Å²) in [6.07, 6.45) is 5.81. The molecule has 0 radical (unpaired) electrons. The monoisotopic (exact) mass is 259 g/mol. The maximum Gasteiger partial charge on any atom is 0.123 e. The molecule has 1 aromatic carbocycles. The summed E-state index contributed by atoms with van der Waals surface area (Å²) >= 11 is 0. The highest BCUT2D eigenvalue weighted by Gasteiger charge is 2.30. The molecule has 0 spiro atoms. The Labute approximate surface area is 112 Å². The van der Waals surface area contributed by atoms with Crippen molar-refractivity contribution in [3.8, 4) is 11.3 Å². The fraction of sp³-hybridized carbons (Fsp3) is 0.400. The van der Waals surface area contributed by atoms with Crippen LogP contribution in [0.1, 0.15) is 19.8 Å². The average molecular weight is 259 g/mol. The molecule has 0 amide bonds. The van der Waals surface area contributed by atoms with E-state index in [2.05, 4.69) is 21.8 Å². The lowest BCUT2D eigenvalue weighted by Gasteiger charge is -2.36. The van der Waals surface area contributed by atoms with Crippen LogP contribution in [0.5, 0.6) is 0 Å². The van der Waals surface area contributed by atoms with Gasteiger partial charge in [-0.25, -0.2) is 9.37 Å². The van der Waals surface area contributed by atoms with E-state index < -0.39 is 0 Å². The van der Waals surface area contributed by atoms with Gasteiger partial charge < -0.3 is 9.88 Å². The zero-order valence-corrected chi connectivity index (χ0v) is 11.1. The van der Waals surface area contributed by atoms with Gasteiger partial charge in [0.2, 0.25) is 0 Å². The third-order valence-corrected chi connectivity index (χ3v) is 4.02. The van der Waals surface area contributed by atoms with Crippen molar-refractivity contribution < 1.29 is 4.39 Å². The first-order valence-electron chi connectivity index (χ1n) is 6.69. The first kappa shape index (κ1) is 12.4. The van der Waals surface area contributed by atoms with Crippen molar-refractivity contribution in [3.63, 3.8) is 0 Å². The van der Waals surface area contributed by atoms with Crippen LogP contribution in [0.25, 0.3) is 11.3 Å². The highest BCUT2D eigenvalue weighted by Crippen LogP contribution is 2.32. The van der Waals surface area contributed by atoms with Crippen molar-refractivity contribution in [2.45, 2.75) is 25.3 Å². The second kappa shape index (κ2) is 4.78. The minimum atomic E-state index is -0.208. The number of imidazole rings is 1. The molecule has 0 atom stereocenters. The van der Waals surface area contributed by atoms with Gasteiger partial charge in [-0.15, -0.1) is 0 Å². The average Bonchev–Trinajstić information content (AvgIpc) is 2.89. The molecule has 0 aliphatic carbocycles. The highest BCUT2D eigenvalue weighted by molar-refractivity contribution is 5.59. The van der Waals surface area contributed by atoms with E-state index in [-0.39, 0.29) is 11.4 Å². The van der Waals surface area contributed by atoms with E-state index in [0.29, 0.717) is 0 Å². The highest BCUT2D eigenvalue weighted by atomic mass is 19.1. The van der Waals surface area contributed by atoms with Gasteiger partial charge in [-0.3, -0.25) is 0 Å². The molecule has 0 unspecified atom stereocenters. The smallest absolute Gasteiger partial charge is 0.123 e. The molecule has 1 aromatic heterocycles. The van der Waals surface area contributed by atoms with E-state index in [4.69, 9.17) is 0 Å². The van der Waals surface area contributed by atoms with E-state index in [9.17, 15) is 4.39 Å². The first-order valence-corrected chi connectivity index (χ1v) is 6.69. The lowest BCUT2D eigenvalue weighted by Crippen LogP contribution is -2.41. The van der Waals surface area contributed by atoms with E-state index in [0.717, 1.165) is 37.2 Å². The quantitative estimate of drug-likeness (QED) is 0.898. The van der Waals surface area contributed by atoms with Crippen molar-refractivity contribution >= 4 is 0 Å². The molecular weight excluding hydrogens is 241 g/mol. The molecule has 2 heterocycles. The molecule has 2 aromatic rings. The summed E-state index contributed by atoms with van der Waals surface area (Å²) in [6.45, 7) is 4.27. The van der Waals surface area contributed by atoms with E-state index in [1.807, 2.05) is 18.6 Å². The van der Waals surface area contributed by atoms with Gasteiger partial charge in [0.1, 0.15) is 5.82 Å². The van der Waals surface area contributed by atoms with Crippen LogP contribution in [0.15, 0.2) is 36.8 Å². The van der Waals surface area contributed by atoms with Crippen LogP contribution in [0, 0.1) is 5.82 Å². The van der Waals surface area contributed by atoms with Gasteiger partial charge >= 0.3 is 0 Å². The molecule has 0 bridgehead atoms. The fourth-order valence-corrected chi connectivity index (χ4v) is 2.79. The van der Waals surface area contributed by atoms with Gasteiger partial charge in [-0.05, 0) is 45.0 Å². The van der Waals surface area contributed by atoms with Gasteiger partial charge in [0, 0.05) is 11.1 Å². The largest absolute Gasteiger partial charge is 0.325 e. The van der Waals surface area contributed by atoms with Crippen LogP contribution in [-0.4, -0.2) is 22.6 Å². The second-order valence-electron chi connectivity index (χ2n) is 5.41. The van der Waals surface area contributed by atoms with Gasteiger partial charge in [0.15, 0.2) is 0 Å². The minimum absolute atomic E-state index is 0.0589. The van der Waals surface area contributed by atoms with Crippen LogP contribution < -0.4 is 5.32 Å². The molecule has 4 heteroatoms. The molecule has 100 valence electrons. The Balaban J connectivity index is 2.03. The van der Waals surface area contributed by atoms with Crippen LogP contribution in [0.3, 0.4) is 0 Å². The van der Waals surface area contributed by atoms with Crippen LogP contribution in [0.2, 0.25) is 0 Å². The number of aromatic nitrogens is 2. The molecule has 3 rings (SSSR count). The molecule has 1 N–H and O–H groups in total. The summed E-state index contributed by atoms with van der Waals surface area (Å²) in [4.78, 5) is 4.27. The van der Waals surface area contributed by atoms with Crippen LogP contribution >= 0.6 is 0 Å². The molecule has 1 aliphatic heterocycles. The SMILES string of the molecule is CC1(n2cncc2-c2cccc(F)c2)CCNCC1. The third kappa shape index (κ3) is 2.28. The zero-order chi connectivity index (χ0) is 13.3. The maximum atomic E-state index is 13.4. The van der Waals surface area contributed by atoms with Crippen molar-refractivity contribution in [1.82, 2.24) is 14.9 Å². The third-order valence-electron chi connectivity index (χ3n) is 4.02. The Morgan fingerprint density at radius 3 is 2.84 bits per heavy atom. The molecule has 1 fully saturated rings. The first-order chi connectivity index (χ1) is 9.19. The van der Waals surface area contributed by atoms with Crippen molar-refractivity contribution in [2.75, 3.05) is 13.1 Å². The number of rotatable bonds is 2. The summed E-state index contributed by atoms with van der Waals surface area (Å²) in [6, 6.07) is 6.71.